The van der Waals surface area contributed by atoms with Crippen molar-refractivity contribution < 1.29 is 0 Å². The maximum Gasteiger partial charge on any atom is 0.166 e. The Morgan fingerprint density at radius 3 is 2.88 bits per heavy atom. The lowest BCUT2D eigenvalue weighted by atomic mass is 10.1. The van der Waals surface area contributed by atoms with Gasteiger partial charge in [0.05, 0.1) is 24.2 Å². The van der Waals surface area contributed by atoms with Crippen LogP contribution < -0.4 is 5.73 Å². The minimum absolute atomic E-state index is 0.178. The van der Waals surface area contributed by atoms with Crippen molar-refractivity contribution in [2.45, 2.75) is 19.5 Å². The first-order valence-electron chi connectivity index (χ1n) is 5.33. The molecule has 0 radical (unpaired) electrons. The molecule has 2 aromatic rings. The molecule has 0 saturated heterocycles. The second-order valence-corrected chi connectivity index (χ2v) is 3.86. The monoisotopic (exact) mass is 227 g/mol. The van der Waals surface area contributed by atoms with Gasteiger partial charge in [0.2, 0.25) is 0 Å². The molecule has 0 aliphatic rings. The molecule has 1 unspecified atom stereocenters. The van der Waals surface area contributed by atoms with E-state index in [9.17, 15) is 0 Å². The van der Waals surface area contributed by atoms with Gasteiger partial charge in [-0.05, 0) is 18.6 Å². The van der Waals surface area contributed by atoms with E-state index in [2.05, 4.69) is 16.2 Å². The molecule has 2 N–H and O–H groups in total. The zero-order chi connectivity index (χ0) is 12.3. The van der Waals surface area contributed by atoms with E-state index in [1.54, 1.807) is 17.1 Å². The largest absolute Gasteiger partial charge is 0.321 e. The smallest absolute Gasteiger partial charge is 0.166 e. The quantitative estimate of drug-likeness (QED) is 0.854. The molecule has 0 amide bonds. The van der Waals surface area contributed by atoms with E-state index in [1.165, 1.54) is 0 Å². The van der Waals surface area contributed by atoms with Crippen LogP contribution in [0.15, 0.2) is 30.6 Å². The summed E-state index contributed by atoms with van der Waals surface area (Å²) in [7, 11) is 0. The summed E-state index contributed by atoms with van der Waals surface area (Å²) in [5.74, 6) is 0.611. The zero-order valence-corrected chi connectivity index (χ0v) is 9.54. The van der Waals surface area contributed by atoms with E-state index in [-0.39, 0.29) is 6.04 Å². The summed E-state index contributed by atoms with van der Waals surface area (Å²) in [4.78, 5) is 4.11. The van der Waals surface area contributed by atoms with Crippen LogP contribution in [0.2, 0.25) is 0 Å². The number of nitrogens with zero attached hydrogens (tertiary/aromatic N) is 4. The van der Waals surface area contributed by atoms with E-state index in [0.29, 0.717) is 17.9 Å². The fourth-order valence-corrected chi connectivity index (χ4v) is 1.54. The Bertz CT molecular complexity index is 550. The average molecular weight is 227 g/mol. The minimum Gasteiger partial charge on any atom is -0.321 e. The highest BCUT2D eigenvalue weighted by molar-refractivity contribution is 5.37. The molecule has 1 heterocycles. The Kier molecular flexibility index (Phi) is 3.17. The van der Waals surface area contributed by atoms with Gasteiger partial charge in [-0.2, -0.15) is 10.4 Å². The van der Waals surface area contributed by atoms with E-state index >= 15 is 0 Å². The van der Waals surface area contributed by atoms with Gasteiger partial charge < -0.3 is 5.73 Å². The number of benzene rings is 1. The van der Waals surface area contributed by atoms with Crippen molar-refractivity contribution in [1.29, 1.82) is 5.26 Å². The van der Waals surface area contributed by atoms with Crippen molar-refractivity contribution in [1.82, 2.24) is 14.8 Å². The molecule has 2 rings (SSSR count). The van der Waals surface area contributed by atoms with Crippen LogP contribution in [0.1, 0.15) is 29.9 Å². The van der Waals surface area contributed by atoms with Gasteiger partial charge in [-0.25, -0.2) is 9.67 Å². The minimum atomic E-state index is -0.178. The van der Waals surface area contributed by atoms with Gasteiger partial charge in [0.25, 0.3) is 0 Å². The van der Waals surface area contributed by atoms with Crippen molar-refractivity contribution in [2.75, 3.05) is 0 Å². The van der Waals surface area contributed by atoms with Gasteiger partial charge in [0, 0.05) is 0 Å². The first-order valence-corrected chi connectivity index (χ1v) is 5.33. The van der Waals surface area contributed by atoms with Crippen LogP contribution in [0.3, 0.4) is 0 Å². The number of hydrogen-bond acceptors (Lipinski definition) is 4. The van der Waals surface area contributed by atoms with Gasteiger partial charge >= 0.3 is 0 Å². The fraction of sp³-hybridized carbons (Fsp3) is 0.250. The first kappa shape index (κ1) is 11.3. The highest BCUT2D eigenvalue weighted by Gasteiger charge is 2.07. The van der Waals surface area contributed by atoms with Crippen LogP contribution in [-0.4, -0.2) is 14.8 Å². The van der Waals surface area contributed by atoms with Gasteiger partial charge in [-0.1, -0.05) is 18.2 Å². The van der Waals surface area contributed by atoms with Crippen LogP contribution in [0.25, 0.3) is 0 Å². The molecule has 5 heteroatoms. The van der Waals surface area contributed by atoms with Crippen molar-refractivity contribution in [3.8, 4) is 6.07 Å². The molecule has 0 bridgehead atoms. The fourth-order valence-electron chi connectivity index (χ4n) is 1.54. The van der Waals surface area contributed by atoms with Crippen molar-refractivity contribution in [3.05, 3.63) is 47.5 Å². The summed E-state index contributed by atoms with van der Waals surface area (Å²) in [6.45, 7) is 2.37. The Balaban J connectivity index is 2.23. The van der Waals surface area contributed by atoms with Crippen LogP contribution in [-0.2, 0) is 6.54 Å². The highest BCUT2D eigenvalue weighted by atomic mass is 15.3. The SMILES string of the molecule is CC(N)c1ncn(Cc2ccccc2C#N)n1. The molecule has 0 fully saturated rings. The lowest BCUT2D eigenvalue weighted by molar-refractivity contribution is 0.649. The van der Waals surface area contributed by atoms with Gasteiger partial charge in [-0.3, -0.25) is 0 Å². The summed E-state index contributed by atoms with van der Waals surface area (Å²) in [5.41, 5.74) is 7.27. The molecule has 0 aliphatic heterocycles. The summed E-state index contributed by atoms with van der Waals surface area (Å²) in [5, 5.41) is 13.2. The first-order chi connectivity index (χ1) is 8.20. The molecule has 5 nitrogen and oxygen atoms in total. The topological polar surface area (TPSA) is 80.5 Å². The van der Waals surface area contributed by atoms with E-state index in [0.717, 1.165) is 5.56 Å². The maximum atomic E-state index is 8.97. The third-order valence-corrected chi connectivity index (χ3v) is 2.43. The van der Waals surface area contributed by atoms with Crippen molar-refractivity contribution >= 4 is 0 Å². The summed E-state index contributed by atoms with van der Waals surface area (Å²) in [6.07, 6.45) is 1.63. The summed E-state index contributed by atoms with van der Waals surface area (Å²) < 4.78 is 1.69. The molecule has 17 heavy (non-hydrogen) atoms. The van der Waals surface area contributed by atoms with Crippen LogP contribution >= 0.6 is 0 Å². The molecule has 1 atom stereocenters. The second kappa shape index (κ2) is 4.76. The maximum absolute atomic E-state index is 8.97. The number of aromatic nitrogens is 3. The average Bonchev–Trinajstić information content (AvgIpc) is 2.78. The molecule has 0 aliphatic carbocycles. The summed E-state index contributed by atoms with van der Waals surface area (Å²) in [6, 6.07) is 9.43. The molecular formula is C12H13N5. The van der Waals surface area contributed by atoms with Gasteiger partial charge in [0.15, 0.2) is 5.82 Å². The Labute approximate surface area is 99.5 Å². The van der Waals surface area contributed by atoms with Crippen LogP contribution in [0, 0.1) is 11.3 Å². The standard InChI is InChI=1S/C12H13N5/c1-9(14)12-15-8-17(16-12)7-11-5-3-2-4-10(11)6-13/h2-5,8-9H,7,14H2,1H3. The Morgan fingerprint density at radius 1 is 1.47 bits per heavy atom. The lowest BCUT2D eigenvalue weighted by Crippen LogP contribution is -2.09. The Hall–Kier alpha value is -2.19. The molecular weight excluding hydrogens is 214 g/mol. The summed E-state index contributed by atoms with van der Waals surface area (Å²) >= 11 is 0. The van der Waals surface area contributed by atoms with E-state index < -0.39 is 0 Å². The molecule has 1 aromatic heterocycles. The van der Waals surface area contributed by atoms with Gasteiger partial charge in [-0.15, -0.1) is 0 Å². The van der Waals surface area contributed by atoms with E-state index in [4.69, 9.17) is 11.0 Å². The van der Waals surface area contributed by atoms with Crippen molar-refractivity contribution in [3.63, 3.8) is 0 Å². The third kappa shape index (κ3) is 2.49. The number of nitrogens with two attached hydrogens (primary N) is 1. The molecule has 1 aromatic carbocycles. The van der Waals surface area contributed by atoms with Crippen LogP contribution in [0.5, 0.6) is 0 Å². The second-order valence-electron chi connectivity index (χ2n) is 3.86. The van der Waals surface area contributed by atoms with Crippen molar-refractivity contribution in [2.24, 2.45) is 5.73 Å². The number of hydrogen-bond donors (Lipinski definition) is 1. The molecule has 86 valence electrons. The van der Waals surface area contributed by atoms with E-state index in [1.807, 2.05) is 25.1 Å². The predicted molar refractivity (Wildman–Crippen MR) is 62.9 cm³/mol. The highest BCUT2D eigenvalue weighted by Crippen LogP contribution is 2.09. The molecule has 0 saturated carbocycles. The number of rotatable bonds is 3. The normalized spacial score (nSPS) is 12.1. The lowest BCUT2D eigenvalue weighted by Gasteiger charge is -2.03. The molecule has 0 spiro atoms. The predicted octanol–water partition coefficient (Wildman–Crippen LogP) is 1.22. The zero-order valence-electron chi connectivity index (χ0n) is 9.54. The number of nitriles is 1. The third-order valence-electron chi connectivity index (χ3n) is 2.43. The Morgan fingerprint density at radius 2 is 2.24 bits per heavy atom. The van der Waals surface area contributed by atoms with Gasteiger partial charge in [0.1, 0.15) is 6.33 Å². The van der Waals surface area contributed by atoms with Crippen LogP contribution in [0.4, 0.5) is 0 Å².